The molecule has 1 N–H and O–H groups in total. The van der Waals surface area contributed by atoms with Gasteiger partial charge in [0.2, 0.25) is 0 Å². The summed E-state index contributed by atoms with van der Waals surface area (Å²) in [7, 11) is -3.90. The van der Waals surface area contributed by atoms with Crippen molar-refractivity contribution in [1.82, 2.24) is 0 Å². The van der Waals surface area contributed by atoms with Crippen molar-refractivity contribution in [2.75, 3.05) is 12.3 Å². The first-order valence-electron chi connectivity index (χ1n) is 8.74. The maximum atomic E-state index is 11.0. The van der Waals surface area contributed by atoms with Gasteiger partial charge in [0.15, 0.2) is 0 Å². The van der Waals surface area contributed by atoms with Gasteiger partial charge in [-0.05, 0) is 37.5 Å². The van der Waals surface area contributed by atoms with Crippen molar-refractivity contribution in [3.05, 3.63) is 36.8 Å². The predicted molar refractivity (Wildman–Crippen MR) is 98.3 cm³/mol. The number of nitrogens with zero attached hydrogens (tertiary/aromatic N) is 1. The molecule has 0 radical (unpaired) electrons. The molecule has 0 aromatic carbocycles. The maximum Gasteiger partial charge on any atom is 0.265 e. The minimum Gasteiger partial charge on any atom is -0.286 e. The van der Waals surface area contributed by atoms with Crippen molar-refractivity contribution in [3.63, 3.8) is 0 Å². The van der Waals surface area contributed by atoms with E-state index in [1.54, 1.807) is 0 Å². The minimum atomic E-state index is -3.90. The summed E-state index contributed by atoms with van der Waals surface area (Å²) in [6.45, 7) is 7.03. The molecule has 0 saturated heterocycles. The molecule has 23 heavy (non-hydrogen) atoms. The van der Waals surface area contributed by atoms with Crippen LogP contribution < -0.4 is 0 Å². The molecule has 0 spiro atoms. The molecule has 0 atom stereocenters. The van der Waals surface area contributed by atoms with E-state index in [0.29, 0.717) is 17.4 Å². The van der Waals surface area contributed by atoms with E-state index in [4.69, 9.17) is 4.55 Å². The van der Waals surface area contributed by atoms with Crippen molar-refractivity contribution in [2.45, 2.75) is 65.7 Å². The van der Waals surface area contributed by atoms with Crippen LogP contribution in [0.4, 0.5) is 0 Å². The Hall–Kier alpha value is -0.910. The molecule has 0 aromatic rings. The number of quaternary nitrogens is 1. The molecule has 4 nitrogen and oxygen atoms in total. The van der Waals surface area contributed by atoms with Gasteiger partial charge in [-0.15, -0.1) is 0 Å². The summed E-state index contributed by atoms with van der Waals surface area (Å²) in [5.41, 5.74) is 0. The highest BCUT2D eigenvalue weighted by Gasteiger charge is 2.20. The summed E-state index contributed by atoms with van der Waals surface area (Å²) >= 11 is 0. The summed E-state index contributed by atoms with van der Waals surface area (Å²) < 4.78 is 31.5. The molecule has 0 amide bonds. The highest BCUT2D eigenvalue weighted by atomic mass is 32.2. The van der Waals surface area contributed by atoms with E-state index in [1.165, 1.54) is 0 Å². The molecule has 0 rings (SSSR count). The molecule has 0 aliphatic heterocycles. The molecule has 0 aliphatic carbocycles. The minimum absolute atomic E-state index is 0.197. The summed E-state index contributed by atoms with van der Waals surface area (Å²) in [6.07, 6.45) is 19.5. The summed E-state index contributed by atoms with van der Waals surface area (Å²) in [6, 6.07) is 0. The fourth-order valence-electron chi connectivity index (χ4n) is 2.21. The lowest BCUT2D eigenvalue weighted by atomic mass is 10.2. The second kappa shape index (κ2) is 12.5. The monoisotopic (exact) mass is 344 g/mol. The number of allylic oxidation sites excluding steroid dienone is 3. The van der Waals surface area contributed by atoms with Gasteiger partial charge in [0, 0.05) is 6.42 Å². The third-order valence-electron chi connectivity index (χ3n) is 3.46. The van der Waals surface area contributed by atoms with E-state index >= 15 is 0 Å². The fourth-order valence-corrected chi connectivity index (χ4v) is 2.70. The fraction of sp³-hybridized carbons (Fsp3) is 0.667. The van der Waals surface area contributed by atoms with E-state index in [-0.39, 0.29) is 5.75 Å². The second-order valence-corrected chi connectivity index (χ2v) is 7.45. The van der Waals surface area contributed by atoms with Crippen LogP contribution in [0.25, 0.3) is 0 Å². The van der Waals surface area contributed by atoms with Crippen LogP contribution >= 0.6 is 0 Å². The van der Waals surface area contributed by atoms with Gasteiger partial charge in [0.05, 0.1) is 12.3 Å². The Morgan fingerprint density at radius 1 is 0.826 bits per heavy atom. The van der Waals surface area contributed by atoms with Crippen LogP contribution in [-0.2, 0) is 10.1 Å². The molecule has 5 heteroatoms. The Kier molecular flexibility index (Phi) is 12.0. The van der Waals surface area contributed by atoms with E-state index in [9.17, 15) is 8.42 Å². The predicted octanol–water partition coefficient (Wildman–Crippen LogP) is 5.02. The first-order valence-corrected chi connectivity index (χ1v) is 10.4. The molecular weight excluding hydrogens is 310 g/mol. The Labute approximate surface area is 142 Å². The Morgan fingerprint density at radius 3 is 1.52 bits per heavy atom. The molecule has 0 saturated carbocycles. The van der Waals surface area contributed by atoms with Gasteiger partial charge < -0.3 is 0 Å². The van der Waals surface area contributed by atoms with E-state index in [0.717, 1.165) is 38.5 Å². The van der Waals surface area contributed by atoms with E-state index < -0.39 is 10.1 Å². The van der Waals surface area contributed by atoms with Crippen molar-refractivity contribution in [2.24, 2.45) is 0 Å². The van der Waals surface area contributed by atoms with Crippen LogP contribution in [0.15, 0.2) is 36.8 Å². The Bertz CT molecular complexity index is 438. The standard InChI is InChI=1S/C18H33NO3S/c1-4-7-10-14-19(15-11-8-5-2,16-12-9-6-3)17-13-18-23(20,21)22/h10-12,14-16H,4-9,13,17-18H2,1-3H3/p+1/b14-10+,15-11+,16-12+. The highest BCUT2D eigenvalue weighted by molar-refractivity contribution is 7.85. The van der Waals surface area contributed by atoms with Crippen LogP contribution in [0.5, 0.6) is 0 Å². The van der Waals surface area contributed by atoms with Crippen molar-refractivity contribution in [1.29, 1.82) is 0 Å². The number of hydrogen-bond donors (Lipinski definition) is 1. The van der Waals surface area contributed by atoms with Crippen molar-refractivity contribution >= 4 is 10.1 Å². The highest BCUT2D eigenvalue weighted by Crippen LogP contribution is 2.16. The number of unbranched alkanes of at least 4 members (excludes halogenated alkanes) is 3. The van der Waals surface area contributed by atoms with Gasteiger partial charge in [-0.1, -0.05) is 40.0 Å². The molecular formula is C18H34NO3S+. The van der Waals surface area contributed by atoms with Gasteiger partial charge in [0.1, 0.15) is 18.6 Å². The van der Waals surface area contributed by atoms with Crippen molar-refractivity contribution < 1.29 is 17.5 Å². The smallest absolute Gasteiger partial charge is 0.265 e. The molecule has 0 aliphatic rings. The maximum absolute atomic E-state index is 11.0. The molecule has 0 aromatic heterocycles. The van der Waals surface area contributed by atoms with E-state index in [2.05, 4.69) is 57.6 Å². The number of rotatable bonds is 13. The van der Waals surface area contributed by atoms with Crippen molar-refractivity contribution in [3.8, 4) is 0 Å². The van der Waals surface area contributed by atoms with Crippen LogP contribution in [0.2, 0.25) is 0 Å². The first-order chi connectivity index (χ1) is 10.9. The second-order valence-electron chi connectivity index (χ2n) is 5.88. The zero-order chi connectivity index (χ0) is 17.6. The quantitative estimate of drug-likeness (QED) is 0.377. The normalized spacial score (nSPS) is 13.7. The van der Waals surface area contributed by atoms with Crippen LogP contribution in [0.3, 0.4) is 0 Å². The Balaban J connectivity index is 5.25. The Morgan fingerprint density at radius 2 is 1.22 bits per heavy atom. The van der Waals surface area contributed by atoms with Gasteiger partial charge in [-0.25, -0.2) is 4.48 Å². The van der Waals surface area contributed by atoms with Gasteiger partial charge >= 0.3 is 0 Å². The molecule has 0 bridgehead atoms. The lowest BCUT2D eigenvalue weighted by Gasteiger charge is -2.26. The van der Waals surface area contributed by atoms with Gasteiger partial charge in [-0.2, -0.15) is 8.42 Å². The van der Waals surface area contributed by atoms with Crippen LogP contribution in [0, 0.1) is 0 Å². The zero-order valence-corrected chi connectivity index (χ0v) is 15.8. The zero-order valence-electron chi connectivity index (χ0n) is 14.9. The largest absolute Gasteiger partial charge is 0.286 e. The molecule has 0 heterocycles. The molecule has 134 valence electrons. The lowest BCUT2D eigenvalue weighted by Crippen LogP contribution is -2.33. The summed E-state index contributed by atoms with van der Waals surface area (Å²) in [4.78, 5) is 0. The van der Waals surface area contributed by atoms with Crippen LogP contribution in [0.1, 0.15) is 65.7 Å². The SMILES string of the molecule is CCC/C=C/[N+](/C=C/CCC)(/C=C/CCC)CCCS(=O)(=O)O. The first kappa shape index (κ1) is 22.1. The molecule has 0 unspecified atom stereocenters. The third-order valence-corrected chi connectivity index (χ3v) is 4.27. The summed E-state index contributed by atoms with van der Waals surface area (Å²) in [5, 5.41) is 0. The van der Waals surface area contributed by atoms with Gasteiger partial charge in [-0.3, -0.25) is 4.55 Å². The van der Waals surface area contributed by atoms with Crippen LogP contribution in [-0.4, -0.2) is 29.8 Å². The third kappa shape index (κ3) is 12.2. The van der Waals surface area contributed by atoms with E-state index in [1.807, 2.05) is 0 Å². The van der Waals surface area contributed by atoms with Gasteiger partial charge in [0.25, 0.3) is 10.1 Å². The lowest BCUT2D eigenvalue weighted by molar-refractivity contribution is -0.773. The number of hydrogen-bond acceptors (Lipinski definition) is 2. The average Bonchev–Trinajstić information content (AvgIpc) is 2.47. The topological polar surface area (TPSA) is 54.4 Å². The molecule has 0 fully saturated rings. The summed E-state index contributed by atoms with van der Waals surface area (Å²) in [5.74, 6) is -0.197. The average molecular weight is 345 g/mol.